The molecule has 0 radical (unpaired) electrons. The van der Waals surface area contributed by atoms with Crippen LogP contribution in [0, 0.1) is 0 Å². The minimum atomic E-state index is -0.422. The van der Waals surface area contributed by atoms with Crippen LogP contribution in [0.1, 0.15) is 22.3 Å². The van der Waals surface area contributed by atoms with Gasteiger partial charge in [-0.2, -0.15) is 0 Å². The van der Waals surface area contributed by atoms with E-state index in [2.05, 4.69) is 176 Å². The lowest BCUT2D eigenvalue weighted by molar-refractivity contribution is 0.769. The van der Waals surface area contributed by atoms with E-state index in [4.69, 9.17) is 9.97 Å². The van der Waals surface area contributed by atoms with E-state index >= 15 is 0 Å². The molecule has 0 N–H and O–H groups in total. The molecule has 0 saturated carbocycles. The summed E-state index contributed by atoms with van der Waals surface area (Å²) in [5.41, 5.74) is 13.0. The third-order valence-electron chi connectivity index (χ3n) is 10.3. The number of nitrogens with zero attached hydrogens (tertiary/aromatic N) is 2. The van der Waals surface area contributed by atoms with Crippen LogP contribution < -0.4 is 0 Å². The number of rotatable bonds is 4. The lowest BCUT2D eigenvalue weighted by Crippen LogP contribution is -2.28. The molecule has 0 aliphatic heterocycles. The zero-order valence-corrected chi connectivity index (χ0v) is 26.7. The van der Waals surface area contributed by atoms with Gasteiger partial charge in [0.15, 0.2) is 0 Å². The fraction of sp³-hybridized carbons (Fsp3) is 0.0213. The number of hydrogen-bond acceptors (Lipinski definition) is 2. The van der Waals surface area contributed by atoms with Crippen LogP contribution in [0.3, 0.4) is 0 Å². The van der Waals surface area contributed by atoms with Gasteiger partial charge in [-0.1, -0.05) is 158 Å². The summed E-state index contributed by atoms with van der Waals surface area (Å²) in [5, 5.41) is 4.66. The molecule has 0 bridgehead atoms. The monoisotopic (exact) mass is 622 g/mol. The highest BCUT2D eigenvalue weighted by Gasteiger charge is 2.46. The van der Waals surface area contributed by atoms with Crippen molar-refractivity contribution in [1.29, 1.82) is 0 Å². The molecule has 1 aromatic heterocycles. The van der Waals surface area contributed by atoms with Crippen molar-refractivity contribution in [2.75, 3.05) is 0 Å². The van der Waals surface area contributed by atoms with Crippen LogP contribution >= 0.6 is 0 Å². The van der Waals surface area contributed by atoms with Gasteiger partial charge < -0.3 is 0 Å². The third-order valence-corrected chi connectivity index (χ3v) is 10.3. The summed E-state index contributed by atoms with van der Waals surface area (Å²) in [5.74, 6) is 0. The molecule has 1 aliphatic rings. The lowest BCUT2D eigenvalue weighted by atomic mass is 9.67. The Hall–Kier alpha value is -6.38. The molecule has 0 atom stereocenters. The van der Waals surface area contributed by atoms with Crippen LogP contribution in [-0.4, -0.2) is 9.97 Å². The Morgan fingerprint density at radius 1 is 0.367 bits per heavy atom. The molecule has 0 unspecified atom stereocenters. The molecule has 2 nitrogen and oxygen atoms in total. The van der Waals surface area contributed by atoms with Crippen molar-refractivity contribution in [3.63, 3.8) is 0 Å². The first-order chi connectivity index (χ1) is 24.3. The summed E-state index contributed by atoms with van der Waals surface area (Å²) < 4.78 is 0. The van der Waals surface area contributed by atoms with Gasteiger partial charge in [0, 0.05) is 16.5 Å². The van der Waals surface area contributed by atoms with E-state index in [0.717, 1.165) is 44.3 Å². The van der Waals surface area contributed by atoms with Crippen LogP contribution in [0.15, 0.2) is 182 Å². The van der Waals surface area contributed by atoms with Crippen molar-refractivity contribution in [2.45, 2.75) is 5.41 Å². The molecule has 0 spiro atoms. The zero-order valence-electron chi connectivity index (χ0n) is 26.7. The van der Waals surface area contributed by atoms with Gasteiger partial charge in [-0.25, -0.2) is 9.97 Å². The molecule has 0 fully saturated rings. The quantitative estimate of drug-likeness (QED) is 0.183. The summed E-state index contributed by atoms with van der Waals surface area (Å²) in [6, 6.07) is 65.6. The summed E-state index contributed by atoms with van der Waals surface area (Å²) >= 11 is 0. The van der Waals surface area contributed by atoms with Gasteiger partial charge >= 0.3 is 0 Å². The first-order valence-electron chi connectivity index (χ1n) is 16.8. The second kappa shape index (κ2) is 10.8. The molecule has 1 heterocycles. The molecule has 228 valence electrons. The third kappa shape index (κ3) is 4.14. The maximum Gasteiger partial charge on any atom is 0.0973 e. The lowest BCUT2D eigenvalue weighted by Gasteiger charge is -2.34. The van der Waals surface area contributed by atoms with Gasteiger partial charge in [0.2, 0.25) is 0 Å². The molecule has 0 saturated heterocycles. The molecular weight excluding hydrogens is 593 g/mol. The van der Waals surface area contributed by atoms with E-state index in [1.54, 1.807) is 0 Å². The molecule has 1 aliphatic carbocycles. The van der Waals surface area contributed by atoms with E-state index in [1.807, 2.05) is 6.07 Å². The predicted octanol–water partition coefficient (Wildman–Crippen LogP) is 11.6. The Morgan fingerprint density at radius 3 is 1.78 bits per heavy atom. The fourth-order valence-electron chi connectivity index (χ4n) is 8.12. The molecular formula is C47H30N2. The number of benzene rings is 8. The first kappa shape index (κ1) is 27.7. The molecule has 49 heavy (non-hydrogen) atoms. The second-order valence-electron chi connectivity index (χ2n) is 12.9. The predicted molar refractivity (Wildman–Crippen MR) is 203 cm³/mol. The van der Waals surface area contributed by atoms with E-state index in [0.29, 0.717) is 0 Å². The van der Waals surface area contributed by atoms with Crippen molar-refractivity contribution in [3.05, 3.63) is 204 Å². The number of hydrogen-bond donors (Lipinski definition) is 0. The molecule has 8 aromatic carbocycles. The van der Waals surface area contributed by atoms with Gasteiger partial charge in [0.25, 0.3) is 0 Å². The number of aromatic nitrogens is 2. The van der Waals surface area contributed by atoms with E-state index in [1.165, 1.54) is 44.2 Å². The van der Waals surface area contributed by atoms with E-state index < -0.39 is 5.41 Å². The van der Waals surface area contributed by atoms with Crippen molar-refractivity contribution in [1.82, 2.24) is 9.97 Å². The summed E-state index contributed by atoms with van der Waals surface area (Å²) in [6.07, 6.45) is 0. The van der Waals surface area contributed by atoms with Crippen LogP contribution in [0.2, 0.25) is 0 Å². The highest BCUT2D eigenvalue weighted by molar-refractivity contribution is 6.06. The minimum absolute atomic E-state index is 0.422. The average Bonchev–Trinajstić information content (AvgIpc) is 3.47. The topological polar surface area (TPSA) is 25.8 Å². The SMILES string of the molecule is c1ccc(-c2nc3c(ccc4ccccc43)nc2-c2ccc3cc4c(cc3c2)-c2ccccc2C4(c2ccccc2)c2ccccc2)cc1. The normalized spacial score (nSPS) is 13.1. The van der Waals surface area contributed by atoms with Gasteiger partial charge in [0.05, 0.1) is 27.8 Å². The van der Waals surface area contributed by atoms with Crippen LogP contribution in [0.4, 0.5) is 0 Å². The standard InChI is InChI=1S/C47H30N2/c1-4-15-32(16-5-1)44-45(48-43-27-26-31-14-10-11-21-38(31)46(43)49-44)34-25-24-33-30-42-40(29-35(33)28-34)39-22-12-13-23-41(39)47(42,36-17-6-2-7-18-36)37-19-8-3-9-20-37/h1-30H. The second-order valence-corrected chi connectivity index (χ2v) is 12.9. The highest BCUT2D eigenvalue weighted by atomic mass is 14.8. The van der Waals surface area contributed by atoms with Crippen molar-refractivity contribution < 1.29 is 0 Å². The Morgan fingerprint density at radius 2 is 1.00 bits per heavy atom. The Bertz CT molecular complexity index is 2660. The minimum Gasteiger partial charge on any atom is -0.244 e. The van der Waals surface area contributed by atoms with Crippen LogP contribution in [-0.2, 0) is 5.41 Å². The van der Waals surface area contributed by atoms with E-state index in [-0.39, 0.29) is 0 Å². The van der Waals surface area contributed by atoms with Gasteiger partial charge in [-0.3, -0.25) is 0 Å². The molecule has 9 aromatic rings. The van der Waals surface area contributed by atoms with Crippen molar-refractivity contribution in [2.24, 2.45) is 0 Å². The first-order valence-corrected chi connectivity index (χ1v) is 16.8. The smallest absolute Gasteiger partial charge is 0.0973 e. The number of fused-ring (bicyclic) bond motifs is 7. The Balaban J connectivity index is 1.23. The van der Waals surface area contributed by atoms with E-state index in [9.17, 15) is 0 Å². The van der Waals surface area contributed by atoms with Gasteiger partial charge in [0.1, 0.15) is 0 Å². The largest absolute Gasteiger partial charge is 0.244 e. The van der Waals surface area contributed by atoms with Gasteiger partial charge in [-0.15, -0.1) is 0 Å². The maximum atomic E-state index is 5.34. The summed E-state index contributed by atoms with van der Waals surface area (Å²) in [7, 11) is 0. The Kier molecular flexibility index (Phi) is 6.13. The van der Waals surface area contributed by atoms with Crippen LogP contribution in [0.25, 0.3) is 66.2 Å². The highest BCUT2D eigenvalue weighted by Crippen LogP contribution is 2.56. The Labute approximate surface area is 285 Å². The van der Waals surface area contributed by atoms with Crippen molar-refractivity contribution in [3.8, 4) is 33.6 Å². The molecule has 10 rings (SSSR count). The van der Waals surface area contributed by atoms with Gasteiger partial charge in [-0.05, 0) is 73.8 Å². The average molecular weight is 623 g/mol. The molecule has 0 amide bonds. The maximum absolute atomic E-state index is 5.34. The van der Waals surface area contributed by atoms with Crippen molar-refractivity contribution >= 4 is 32.6 Å². The fourth-order valence-corrected chi connectivity index (χ4v) is 8.12. The molecule has 2 heteroatoms. The summed E-state index contributed by atoms with van der Waals surface area (Å²) in [6.45, 7) is 0. The van der Waals surface area contributed by atoms with Crippen LogP contribution in [0.5, 0.6) is 0 Å². The summed E-state index contributed by atoms with van der Waals surface area (Å²) in [4.78, 5) is 10.7. The zero-order chi connectivity index (χ0) is 32.4.